The Kier molecular flexibility index (Phi) is 11.3. The summed E-state index contributed by atoms with van der Waals surface area (Å²) in [5.74, 6) is -0.191. The van der Waals surface area contributed by atoms with Gasteiger partial charge in [-0.1, -0.05) is 97.1 Å². The number of hydrogen-bond donors (Lipinski definition) is 2. The van der Waals surface area contributed by atoms with Crippen molar-refractivity contribution in [2.24, 2.45) is 5.73 Å². The molecule has 190 valence electrons. The number of benzene rings is 3. The molecule has 0 aliphatic heterocycles. The number of nitrogens with two attached hydrogens (primary N) is 1. The first-order valence-corrected chi connectivity index (χ1v) is 12.1. The van der Waals surface area contributed by atoms with E-state index < -0.39 is 24.3 Å². The van der Waals surface area contributed by atoms with Gasteiger partial charge in [0, 0.05) is 6.92 Å². The molecule has 3 unspecified atom stereocenters. The van der Waals surface area contributed by atoms with E-state index in [1.807, 2.05) is 91.0 Å². The van der Waals surface area contributed by atoms with E-state index in [1.165, 1.54) is 6.92 Å². The van der Waals surface area contributed by atoms with E-state index in [9.17, 15) is 4.79 Å². The highest BCUT2D eigenvalue weighted by molar-refractivity contribution is 5.73. The Morgan fingerprint density at radius 2 is 1.25 bits per heavy atom. The number of carbonyl (C=O) groups is 1. The van der Waals surface area contributed by atoms with E-state index in [0.717, 1.165) is 16.7 Å². The summed E-state index contributed by atoms with van der Waals surface area (Å²) in [4.78, 5) is 12.0. The molecule has 0 aliphatic rings. The lowest BCUT2D eigenvalue weighted by atomic mass is 9.98. The topological polar surface area (TPSA) is 82.8 Å². The minimum atomic E-state index is -0.592. The largest absolute Gasteiger partial charge is 0.375 e. The normalized spacial score (nSPS) is 14.4. The Hall–Kier alpha value is -3.29. The summed E-state index contributed by atoms with van der Waals surface area (Å²) in [5, 5.41) is 2.92. The van der Waals surface area contributed by atoms with Crippen molar-refractivity contribution in [2.75, 3.05) is 6.61 Å². The van der Waals surface area contributed by atoms with Gasteiger partial charge in [-0.15, -0.1) is 6.58 Å². The fraction of sp³-hybridized carbons (Fsp3) is 0.300. The third-order valence-corrected chi connectivity index (χ3v) is 5.72. The molecule has 0 aromatic heterocycles. The predicted octanol–water partition coefficient (Wildman–Crippen LogP) is 4.39. The molecule has 0 bridgehead atoms. The quantitative estimate of drug-likeness (QED) is 0.310. The molecular weight excluding hydrogens is 452 g/mol. The van der Waals surface area contributed by atoms with Gasteiger partial charge in [0.1, 0.15) is 12.2 Å². The summed E-state index contributed by atoms with van der Waals surface area (Å²) in [6, 6.07) is 28.6. The molecule has 0 spiro atoms. The molecule has 3 aromatic carbocycles. The molecule has 0 saturated heterocycles. The van der Waals surface area contributed by atoms with Gasteiger partial charge in [0.05, 0.1) is 38.5 Å². The van der Waals surface area contributed by atoms with E-state index in [1.54, 1.807) is 6.08 Å². The van der Waals surface area contributed by atoms with Crippen molar-refractivity contribution in [1.29, 1.82) is 0 Å². The number of ether oxygens (including phenoxy) is 3. The summed E-state index contributed by atoms with van der Waals surface area (Å²) in [6.45, 7) is 6.76. The molecule has 6 heteroatoms. The highest BCUT2D eigenvalue weighted by Crippen LogP contribution is 2.19. The number of amides is 1. The van der Waals surface area contributed by atoms with Gasteiger partial charge >= 0.3 is 0 Å². The van der Waals surface area contributed by atoms with E-state index in [4.69, 9.17) is 19.9 Å². The zero-order chi connectivity index (χ0) is 25.6. The smallest absolute Gasteiger partial charge is 0.217 e. The van der Waals surface area contributed by atoms with Crippen LogP contribution in [0.15, 0.2) is 104 Å². The van der Waals surface area contributed by atoms with E-state index in [2.05, 4.69) is 11.9 Å². The van der Waals surface area contributed by atoms with Crippen LogP contribution >= 0.6 is 0 Å². The first-order chi connectivity index (χ1) is 17.6. The SMILES string of the molecule is C=CC(NC(C)=O)C(OCc1ccccc1)[C@H](OCc1ccccc1)C(N)COCc1ccccc1. The molecule has 3 rings (SSSR count). The molecule has 0 aliphatic carbocycles. The fourth-order valence-corrected chi connectivity index (χ4v) is 3.89. The lowest BCUT2D eigenvalue weighted by molar-refractivity contribution is -0.127. The van der Waals surface area contributed by atoms with Crippen LogP contribution in [0, 0.1) is 0 Å². The van der Waals surface area contributed by atoms with Crippen LogP contribution in [0.2, 0.25) is 0 Å². The fourth-order valence-electron chi connectivity index (χ4n) is 3.89. The average Bonchev–Trinajstić information content (AvgIpc) is 2.91. The molecule has 0 heterocycles. The Bertz CT molecular complexity index is 1030. The van der Waals surface area contributed by atoms with Gasteiger partial charge in [0.2, 0.25) is 5.91 Å². The number of hydrogen-bond acceptors (Lipinski definition) is 5. The first-order valence-electron chi connectivity index (χ1n) is 12.1. The van der Waals surface area contributed by atoms with Crippen molar-refractivity contribution in [3.8, 4) is 0 Å². The summed E-state index contributed by atoms with van der Waals surface area (Å²) in [6.07, 6.45) is 0.484. The molecule has 36 heavy (non-hydrogen) atoms. The highest BCUT2D eigenvalue weighted by Gasteiger charge is 2.35. The maximum absolute atomic E-state index is 12.0. The third-order valence-electron chi connectivity index (χ3n) is 5.72. The minimum Gasteiger partial charge on any atom is -0.375 e. The summed E-state index contributed by atoms with van der Waals surface area (Å²) >= 11 is 0. The molecule has 3 aromatic rings. The van der Waals surface area contributed by atoms with Crippen LogP contribution in [-0.2, 0) is 38.8 Å². The van der Waals surface area contributed by atoms with Gasteiger partial charge in [-0.2, -0.15) is 0 Å². The molecule has 3 N–H and O–H groups in total. The molecule has 4 atom stereocenters. The van der Waals surface area contributed by atoms with Crippen molar-refractivity contribution in [3.05, 3.63) is 120 Å². The Balaban J connectivity index is 1.79. The number of rotatable bonds is 15. The summed E-state index contributed by atoms with van der Waals surface area (Å²) in [7, 11) is 0. The van der Waals surface area contributed by atoms with Gasteiger partial charge < -0.3 is 25.3 Å². The zero-order valence-corrected chi connectivity index (χ0v) is 20.8. The standard InChI is InChI=1S/C30H36N2O4/c1-3-28(32-23(2)33)30(36-21-26-17-11-6-12-18-26)29(35-20-25-15-9-5-10-16-25)27(31)22-34-19-24-13-7-4-8-14-24/h3-18,27-30H,1,19-22,31H2,2H3,(H,32,33)/t27?,28?,29-,30?/m1/s1. The monoisotopic (exact) mass is 488 g/mol. The van der Waals surface area contributed by atoms with Gasteiger partial charge in [-0.25, -0.2) is 0 Å². The van der Waals surface area contributed by atoms with Crippen LogP contribution in [-0.4, -0.2) is 36.8 Å². The van der Waals surface area contributed by atoms with Crippen molar-refractivity contribution in [1.82, 2.24) is 5.32 Å². The maximum Gasteiger partial charge on any atom is 0.217 e. The van der Waals surface area contributed by atoms with Gasteiger partial charge in [-0.05, 0) is 16.7 Å². The van der Waals surface area contributed by atoms with E-state index >= 15 is 0 Å². The van der Waals surface area contributed by atoms with Crippen molar-refractivity contribution >= 4 is 5.91 Å². The van der Waals surface area contributed by atoms with Crippen molar-refractivity contribution < 1.29 is 19.0 Å². The third kappa shape index (κ3) is 9.06. The zero-order valence-electron chi connectivity index (χ0n) is 20.8. The van der Waals surface area contributed by atoms with Crippen LogP contribution in [0.4, 0.5) is 0 Å². The maximum atomic E-state index is 12.0. The average molecular weight is 489 g/mol. The molecule has 0 saturated carbocycles. The second-order valence-corrected chi connectivity index (χ2v) is 8.65. The van der Waals surface area contributed by atoms with Gasteiger partial charge in [0.15, 0.2) is 0 Å². The molecular formula is C30H36N2O4. The van der Waals surface area contributed by atoms with Crippen LogP contribution in [0.25, 0.3) is 0 Å². The highest BCUT2D eigenvalue weighted by atomic mass is 16.5. The second kappa shape index (κ2) is 15.0. The minimum absolute atomic E-state index is 0.191. The van der Waals surface area contributed by atoms with Crippen molar-refractivity contribution in [3.63, 3.8) is 0 Å². The summed E-state index contributed by atoms with van der Waals surface area (Å²) < 4.78 is 18.7. The lowest BCUT2D eigenvalue weighted by Crippen LogP contribution is -2.56. The van der Waals surface area contributed by atoms with Crippen LogP contribution in [0.5, 0.6) is 0 Å². The van der Waals surface area contributed by atoms with Crippen LogP contribution in [0.3, 0.4) is 0 Å². The lowest BCUT2D eigenvalue weighted by Gasteiger charge is -2.35. The van der Waals surface area contributed by atoms with Gasteiger partial charge in [0.25, 0.3) is 0 Å². The molecule has 0 radical (unpaired) electrons. The summed E-state index contributed by atoms with van der Waals surface area (Å²) in [5.41, 5.74) is 9.74. The number of nitrogens with one attached hydrogen (secondary N) is 1. The Morgan fingerprint density at radius 1 is 0.806 bits per heavy atom. The van der Waals surface area contributed by atoms with Crippen LogP contribution < -0.4 is 11.1 Å². The Morgan fingerprint density at radius 3 is 1.69 bits per heavy atom. The predicted molar refractivity (Wildman–Crippen MR) is 142 cm³/mol. The molecule has 6 nitrogen and oxygen atoms in total. The van der Waals surface area contributed by atoms with E-state index in [0.29, 0.717) is 19.8 Å². The van der Waals surface area contributed by atoms with Crippen molar-refractivity contribution in [2.45, 2.75) is 51.0 Å². The second-order valence-electron chi connectivity index (χ2n) is 8.65. The van der Waals surface area contributed by atoms with Crippen LogP contribution in [0.1, 0.15) is 23.6 Å². The van der Waals surface area contributed by atoms with Gasteiger partial charge in [-0.3, -0.25) is 4.79 Å². The van der Waals surface area contributed by atoms with E-state index in [-0.39, 0.29) is 12.5 Å². The molecule has 1 amide bonds. The number of carbonyl (C=O) groups excluding carboxylic acids is 1. The molecule has 0 fully saturated rings. The Labute approximate surface area is 214 Å². The first kappa shape index (κ1) is 27.3.